The molecule has 0 bridgehead atoms. The van der Waals surface area contributed by atoms with E-state index in [-0.39, 0.29) is 58.4 Å². The highest BCUT2D eigenvalue weighted by molar-refractivity contribution is 6.31. The number of aromatic hydroxyl groups is 2. The monoisotopic (exact) mass is 400 g/mol. The number of phenols is 2. The summed E-state index contributed by atoms with van der Waals surface area (Å²) in [5.41, 5.74) is -2.00. The van der Waals surface area contributed by atoms with Crippen molar-refractivity contribution in [2.24, 2.45) is 0 Å². The summed E-state index contributed by atoms with van der Waals surface area (Å²) < 4.78 is 5.19. The highest BCUT2D eigenvalue weighted by Gasteiger charge is 2.45. The molecule has 2 aliphatic rings. The summed E-state index contributed by atoms with van der Waals surface area (Å²) in [7, 11) is 1.36. The molecule has 0 radical (unpaired) electrons. The van der Waals surface area contributed by atoms with Gasteiger partial charge in [-0.25, -0.2) is 0 Å². The van der Waals surface area contributed by atoms with Crippen molar-refractivity contribution in [3.05, 3.63) is 51.6 Å². The van der Waals surface area contributed by atoms with Gasteiger partial charge in [-0.1, -0.05) is 12.1 Å². The van der Waals surface area contributed by atoms with Crippen LogP contribution in [-0.4, -0.2) is 62.5 Å². The zero-order valence-electron chi connectivity index (χ0n) is 15.6. The fraction of sp³-hybridized carbons (Fsp3) is 0.333. The number of ether oxygens (including phenoxy) is 1. The molecule has 0 saturated carbocycles. The van der Waals surface area contributed by atoms with E-state index in [0.717, 1.165) is 0 Å². The first-order valence-corrected chi connectivity index (χ1v) is 9.12. The van der Waals surface area contributed by atoms with Crippen molar-refractivity contribution < 1.29 is 39.9 Å². The number of carbonyl (C=O) groups excluding carboxylic acids is 2. The van der Waals surface area contributed by atoms with Gasteiger partial charge in [0.15, 0.2) is 5.78 Å². The van der Waals surface area contributed by atoms with Crippen LogP contribution in [0.4, 0.5) is 0 Å². The number of aliphatic hydroxyl groups excluding tert-OH is 2. The van der Waals surface area contributed by atoms with E-state index in [1.54, 1.807) is 6.07 Å². The molecule has 0 aliphatic heterocycles. The van der Waals surface area contributed by atoms with Gasteiger partial charge in [-0.3, -0.25) is 9.59 Å². The minimum absolute atomic E-state index is 0.00441. The minimum Gasteiger partial charge on any atom is -0.507 e. The molecule has 2 aromatic rings. The summed E-state index contributed by atoms with van der Waals surface area (Å²) in [5, 5.41) is 51.6. The van der Waals surface area contributed by atoms with Crippen LogP contribution < -0.4 is 4.74 Å². The summed E-state index contributed by atoms with van der Waals surface area (Å²) in [4.78, 5) is 26.2. The van der Waals surface area contributed by atoms with E-state index in [1.807, 2.05) is 0 Å². The normalized spacial score (nSPS) is 21.2. The molecule has 152 valence electrons. The van der Waals surface area contributed by atoms with E-state index in [9.17, 15) is 35.1 Å². The lowest BCUT2D eigenvalue weighted by Gasteiger charge is -2.38. The van der Waals surface area contributed by atoms with Gasteiger partial charge >= 0.3 is 0 Å². The molecule has 2 aromatic carbocycles. The maximum absolute atomic E-state index is 13.1. The molecule has 0 aromatic heterocycles. The third-order valence-corrected chi connectivity index (χ3v) is 5.92. The molecular weight excluding hydrogens is 380 g/mol. The van der Waals surface area contributed by atoms with Crippen molar-refractivity contribution in [3.63, 3.8) is 0 Å². The summed E-state index contributed by atoms with van der Waals surface area (Å²) in [6.07, 6.45) is -1.72. The standard InChI is InChI=1S/C21H20O8/c1-29-12-4-2-3-10-14(12)20(27)16-15(18(10)25)19(26)11-7-21(28,13(23)8-22)6-5-9(11)17(16)24/h2-4,13,22-24,26,28H,5-8H2,1H3/t13-,21+/m1/s1. The molecule has 0 unspecified atom stereocenters. The van der Waals surface area contributed by atoms with E-state index in [1.165, 1.54) is 19.2 Å². The third kappa shape index (κ3) is 2.57. The number of benzene rings is 2. The molecule has 5 N–H and O–H groups in total. The Kier molecular flexibility index (Phi) is 4.38. The lowest BCUT2D eigenvalue weighted by Crippen LogP contribution is -2.48. The minimum atomic E-state index is -1.73. The topological polar surface area (TPSA) is 145 Å². The molecule has 2 atom stereocenters. The SMILES string of the molecule is COc1cccc2c1C(=O)c1c(O)c3c(c(O)c1C2=O)C[C@](O)([C@H](O)CO)CC3. The first kappa shape index (κ1) is 19.4. The number of hydrogen-bond donors (Lipinski definition) is 5. The Bertz CT molecular complexity index is 1060. The number of methoxy groups -OCH3 is 1. The Morgan fingerprint density at radius 3 is 2.38 bits per heavy atom. The lowest BCUT2D eigenvalue weighted by molar-refractivity contribution is -0.102. The Hall–Kier alpha value is -2.94. The van der Waals surface area contributed by atoms with Gasteiger partial charge in [0.1, 0.15) is 23.4 Å². The molecule has 0 amide bonds. The number of fused-ring (bicyclic) bond motifs is 3. The van der Waals surface area contributed by atoms with Crippen LogP contribution in [0.3, 0.4) is 0 Å². The van der Waals surface area contributed by atoms with Crippen molar-refractivity contribution in [2.75, 3.05) is 13.7 Å². The van der Waals surface area contributed by atoms with Crippen LogP contribution in [0.25, 0.3) is 0 Å². The Balaban J connectivity index is 1.95. The number of aliphatic hydroxyl groups is 3. The molecule has 4 rings (SSSR count). The number of carbonyl (C=O) groups is 2. The van der Waals surface area contributed by atoms with Gasteiger partial charge in [-0.2, -0.15) is 0 Å². The first-order chi connectivity index (χ1) is 13.7. The smallest absolute Gasteiger partial charge is 0.202 e. The van der Waals surface area contributed by atoms with Crippen molar-refractivity contribution in [1.29, 1.82) is 0 Å². The molecule has 0 fully saturated rings. The largest absolute Gasteiger partial charge is 0.507 e. The highest BCUT2D eigenvalue weighted by atomic mass is 16.5. The fourth-order valence-corrected chi connectivity index (χ4v) is 4.30. The van der Waals surface area contributed by atoms with Gasteiger partial charge < -0.3 is 30.3 Å². The maximum Gasteiger partial charge on any atom is 0.202 e. The van der Waals surface area contributed by atoms with E-state index < -0.39 is 41.4 Å². The third-order valence-electron chi connectivity index (χ3n) is 5.92. The predicted octanol–water partition coefficient (Wildman–Crippen LogP) is 0.455. The van der Waals surface area contributed by atoms with E-state index in [0.29, 0.717) is 0 Å². The van der Waals surface area contributed by atoms with Gasteiger partial charge in [0.2, 0.25) is 5.78 Å². The van der Waals surface area contributed by atoms with Gasteiger partial charge in [0.25, 0.3) is 0 Å². The Morgan fingerprint density at radius 1 is 1.07 bits per heavy atom. The molecule has 0 spiro atoms. The number of phenolic OH excluding ortho intramolecular Hbond substituents is 2. The average molecular weight is 400 g/mol. The number of ketones is 2. The van der Waals surface area contributed by atoms with Crippen LogP contribution in [0.5, 0.6) is 17.2 Å². The second-order valence-electron chi connectivity index (χ2n) is 7.42. The Labute approximate surface area is 165 Å². The van der Waals surface area contributed by atoms with Gasteiger partial charge in [0.05, 0.1) is 36.0 Å². The first-order valence-electron chi connectivity index (χ1n) is 9.12. The van der Waals surface area contributed by atoms with Crippen LogP contribution in [-0.2, 0) is 12.8 Å². The average Bonchev–Trinajstić information content (AvgIpc) is 2.73. The van der Waals surface area contributed by atoms with Gasteiger partial charge in [0, 0.05) is 23.1 Å². The quantitative estimate of drug-likeness (QED) is 0.399. The summed E-state index contributed by atoms with van der Waals surface area (Å²) in [5.74, 6) is -2.05. The molecule has 0 heterocycles. The van der Waals surface area contributed by atoms with E-state index in [2.05, 4.69) is 0 Å². The van der Waals surface area contributed by atoms with Gasteiger partial charge in [-0.15, -0.1) is 0 Å². The van der Waals surface area contributed by atoms with Gasteiger partial charge in [-0.05, 0) is 18.9 Å². The molecule has 2 aliphatic carbocycles. The lowest BCUT2D eigenvalue weighted by atomic mass is 9.72. The highest BCUT2D eigenvalue weighted by Crippen LogP contribution is 2.48. The molecule has 29 heavy (non-hydrogen) atoms. The number of rotatable bonds is 3. The van der Waals surface area contributed by atoms with Crippen LogP contribution in [0, 0.1) is 0 Å². The molecule has 8 heteroatoms. The Morgan fingerprint density at radius 2 is 1.72 bits per heavy atom. The zero-order valence-corrected chi connectivity index (χ0v) is 15.6. The van der Waals surface area contributed by atoms with E-state index >= 15 is 0 Å². The van der Waals surface area contributed by atoms with Crippen molar-refractivity contribution in [1.82, 2.24) is 0 Å². The second kappa shape index (κ2) is 6.55. The second-order valence-corrected chi connectivity index (χ2v) is 7.42. The molecule has 8 nitrogen and oxygen atoms in total. The van der Waals surface area contributed by atoms with Crippen molar-refractivity contribution in [2.45, 2.75) is 31.0 Å². The predicted molar refractivity (Wildman–Crippen MR) is 99.7 cm³/mol. The van der Waals surface area contributed by atoms with Crippen LogP contribution in [0.15, 0.2) is 18.2 Å². The summed E-state index contributed by atoms with van der Waals surface area (Å²) >= 11 is 0. The zero-order chi connectivity index (χ0) is 21.1. The van der Waals surface area contributed by atoms with E-state index in [4.69, 9.17) is 4.74 Å². The summed E-state index contributed by atoms with van der Waals surface area (Å²) in [6.45, 7) is -0.686. The molecule has 0 saturated heterocycles. The van der Waals surface area contributed by atoms with Crippen LogP contribution in [0.1, 0.15) is 49.4 Å². The van der Waals surface area contributed by atoms with Crippen LogP contribution in [0.2, 0.25) is 0 Å². The summed E-state index contributed by atoms with van der Waals surface area (Å²) in [6, 6.07) is 4.50. The molecular formula is C21H20O8. The van der Waals surface area contributed by atoms with Crippen molar-refractivity contribution in [3.8, 4) is 17.2 Å². The van der Waals surface area contributed by atoms with Crippen molar-refractivity contribution >= 4 is 11.6 Å². The number of hydrogen-bond acceptors (Lipinski definition) is 8. The maximum atomic E-state index is 13.1. The fourth-order valence-electron chi connectivity index (χ4n) is 4.30. The van der Waals surface area contributed by atoms with Crippen LogP contribution >= 0.6 is 0 Å².